The molecule has 0 heterocycles. The van der Waals surface area contributed by atoms with E-state index in [1.807, 2.05) is 30.0 Å². The molecule has 1 aromatic carbocycles. The molecule has 108 valence electrons. The van der Waals surface area contributed by atoms with E-state index in [0.29, 0.717) is 11.3 Å². The fourth-order valence-electron chi connectivity index (χ4n) is 1.85. The zero-order chi connectivity index (χ0) is 14.3. The van der Waals surface area contributed by atoms with Gasteiger partial charge in [0.2, 0.25) is 0 Å². The van der Waals surface area contributed by atoms with Crippen molar-refractivity contribution in [2.24, 2.45) is 0 Å². The van der Waals surface area contributed by atoms with Crippen molar-refractivity contribution >= 4 is 35.0 Å². The molecule has 2 atom stereocenters. The summed E-state index contributed by atoms with van der Waals surface area (Å²) in [5.41, 5.74) is 1.06. The van der Waals surface area contributed by atoms with Crippen LogP contribution in [0.25, 0.3) is 0 Å². The normalized spacial score (nSPS) is 14.4. The molecular weight excluding hydrogens is 297 g/mol. The largest absolute Gasteiger partial charge is 0.313 e. The van der Waals surface area contributed by atoms with Crippen molar-refractivity contribution in [3.8, 4) is 0 Å². The van der Waals surface area contributed by atoms with Crippen molar-refractivity contribution in [2.75, 3.05) is 12.3 Å². The van der Waals surface area contributed by atoms with E-state index in [4.69, 9.17) is 23.2 Å². The minimum atomic E-state index is 0.418. The van der Waals surface area contributed by atoms with Crippen LogP contribution in [0.15, 0.2) is 18.2 Å². The highest BCUT2D eigenvalue weighted by Crippen LogP contribution is 2.26. The summed E-state index contributed by atoms with van der Waals surface area (Å²) in [5, 5.41) is 5.76. The van der Waals surface area contributed by atoms with Gasteiger partial charge in [0, 0.05) is 27.1 Å². The third-order valence-corrected chi connectivity index (χ3v) is 5.37. The summed E-state index contributed by atoms with van der Waals surface area (Å²) in [6.07, 6.45) is 2.09. The van der Waals surface area contributed by atoms with Gasteiger partial charge in [0.15, 0.2) is 0 Å². The number of hydrogen-bond donors (Lipinski definition) is 1. The maximum Gasteiger partial charge on any atom is 0.0453 e. The zero-order valence-electron chi connectivity index (χ0n) is 11.9. The Hall–Kier alpha value is 0.110. The number of nitrogens with one attached hydrogen (secondary N) is 1. The molecule has 2 unspecified atom stereocenters. The van der Waals surface area contributed by atoms with Gasteiger partial charge in [-0.1, -0.05) is 50.0 Å². The Balaban J connectivity index is 2.67. The standard InChI is InChI=1S/C15H23Cl2NS/c1-4-11(3)19-10-12(18-5-2)9-13-14(16)7-6-8-15(13)17/h6-8,11-12,18H,4-5,9-10H2,1-3H3. The molecule has 1 aromatic rings. The third kappa shape index (κ3) is 5.95. The van der Waals surface area contributed by atoms with Crippen molar-refractivity contribution in [1.82, 2.24) is 5.32 Å². The van der Waals surface area contributed by atoms with E-state index < -0.39 is 0 Å². The van der Waals surface area contributed by atoms with Gasteiger partial charge in [0.1, 0.15) is 0 Å². The molecule has 0 fully saturated rings. The molecular formula is C15H23Cl2NS. The van der Waals surface area contributed by atoms with Gasteiger partial charge >= 0.3 is 0 Å². The summed E-state index contributed by atoms with van der Waals surface area (Å²) >= 11 is 14.5. The van der Waals surface area contributed by atoms with E-state index in [-0.39, 0.29) is 0 Å². The first-order valence-corrected chi connectivity index (χ1v) is 8.66. The number of likely N-dealkylation sites (N-methyl/N-ethyl adjacent to an activating group) is 1. The van der Waals surface area contributed by atoms with Crippen molar-refractivity contribution in [1.29, 1.82) is 0 Å². The number of benzene rings is 1. The highest BCUT2D eigenvalue weighted by atomic mass is 35.5. The van der Waals surface area contributed by atoms with Crippen LogP contribution in [0, 0.1) is 0 Å². The SMILES string of the molecule is CCNC(CSC(C)CC)Cc1c(Cl)cccc1Cl. The lowest BCUT2D eigenvalue weighted by Crippen LogP contribution is -2.34. The second-order valence-corrected chi connectivity index (χ2v) is 7.00. The van der Waals surface area contributed by atoms with Gasteiger partial charge in [0.05, 0.1) is 0 Å². The number of hydrogen-bond acceptors (Lipinski definition) is 2. The molecule has 4 heteroatoms. The van der Waals surface area contributed by atoms with Crippen LogP contribution in [0.2, 0.25) is 10.0 Å². The van der Waals surface area contributed by atoms with E-state index in [1.165, 1.54) is 6.42 Å². The molecule has 0 amide bonds. The maximum absolute atomic E-state index is 6.24. The van der Waals surface area contributed by atoms with Crippen LogP contribution < -0.4 is 5.32 Å². The van der Waals surface area contributed by atoms with Gasteiger partial charge in [-0.15, -0.1) is 0 Å². The zero-order valence-corrected chi connectivity index (χ0v) is 14.2. The lowest BCUT2D eigenvalue weighted by molar-refractivity contribution is 0.572. The van der Waals surface area contributed by atoms with Crippen LogP contribution >= 0.6 is 35.0 Å². The lowest BCUT2D eigenvalue weighted by Gasteiger charge is -2.20. The molecule has 19 heavy (non-hydrogen) atoms. The molecule has 1 rings (SSSR count). The molecule has 0 aliphatic rings. The predicted octanol–water partition coefficient (Wildman–Crippen LogP) is 5.05. The number of rotatable bonds is 8. The van der Waals surface area contributed by atoms with Crippen LogP contribution in [0.4, 0.5) is 0 Å². The Labute approximate surface area is 131 Å². The summed E-state index contributed by atoms with van der Waals surface area (Å²) in [5.74, 6) is 1.09. The maximum atomic E-state index is 6.24. The second-order valence-electron chi connectivity index (χ2n) is 4.71. The van der Waals surface area contributed by atoms with Crippen LogP contribution in [0.3, 0.4) is 0 Å². The first kappa shape index (κ1) is 17.2. The highest BCUT2D eigenvalue weighted by Gasteiger charge is 2.14. The Morgan fingerprint density at radius 3 is 2.37 bits per heavy atom. The molecule has 0 aromatic heterocycles. The first-order valence-electron chi connectivity index (χ1n) is 6.86. The molecule has 0 spiro atoms. The minimum absolute atomic E-state index is 0.418. The van der Waals surface area contributed by atoms with Gasteiger partial charge in [-0.3, -0.25) is 0 Å². The van der Waals surface area contributed by atoms with Crippen molar-refractivity contribution in [3.63, 3.8) is 0 Å². The van der Waals surface area contributed by atoms with Crippen LogP contribution in [0.1, 0.15) is 32.8 Å². The summed E-state index contributed by atoms with van der Waals surface area (Å²) < 4.78 is 0. The van der Waals surface area contributed by atoms with Gasteiger partial charge < -0.3 is 5.32 Å². The lowest BCUT2D eigenvalue weighted by atomic mass is 10.1. The summed E-state index contributed by atoms with van der Waals surface area (Å²) in [4.78, 5) is 0. The summed E-state index contributed by atoms with van der Waals surface area (Å²) in [7, 11) is 0. The van der Waals surface area contributed by atoms with Gasteiger partial charge in [-0.05, 0) is 37.1 Å². The Bertz CT molecular complexity index is 364. The van der Waals surface area contributed by atoms with E-state index >= 15 is 0 Å². The van der Waals surface area contributed by atoms with E-state index in [0.717, 1.165) is 34.3 Å². The Kier molecular flexibility index (Phi) is 8.24. The number of halogens is 2. The van der Waals surface area contributed by atoms with Crippen LogP contribution in [-0.4, -0.2) is 23.6 Å². The Morgan fingerprint density at radius 2 is 1.84 bits per heavy atom. The van der Waals surface area contributed by atoms with Gasteiger partial charge in [0.25, 0.3) is 0 Å². The summed E-state index contributed by atoms with van der Waals surface area (Å²) in [6.45, 7) is 7.60. The molecule has 0 bridgehead atoms. The van der Waals surface area contributed by atoms with Crippen LogP contribution in [0.5, 0.6) is 0 Å². The molecule has 0 aliphatic heterocycles. The molecule has 0 saturated heterocycles. The topological polar surface area (TPSA) is 12.0 Å². The second kappa shape index (κ2) is 9.12. The van der Waals surface area contributed by atoms with E-state index in [2.05, 4.69) is 26.1 Å². The molecule has 0 radical (unpaired) electrons. The minimum Gasteiger partial charge on any atom is -0.313 e. The molecule has 0 saturated carbocycles. The quantitative estimate of drug-likeness (QED) is 0.720. The van der Waals surface area contributed by atoms with Gasteiger partial charge in [-0.2, -0.15) is 11.8 Å². The van der Waals surface area contributed by atoms with Crippen LogP contribution in [-0.2, 0) is 6.42 Å². The first-order chi connectivity index (χ1) is 9.08. The average molecular weight is 320 g/mol. The van der Waals surface area contributed by atoms with Crippen molar-refractivity contribution < 1.29 is 0 Å². The average Bonchev–Trinajstić information content (AvgIpc) is 2.39. The van der Waals surface area contributed by atoms with E-state index in [9.17, 15) is 0 Å². The van der Waals surface area contributed by atoms with E-state index in [1.54, 1.807) is 0 Å². The fraction of sp³-hybridized carbons (Fsp3) is 0.600. The molecule has 1 nitrogen and oxygen atoms in total. The highest BCUT2D eigenvalue weighted by molar-refractivity contribution is 7.99. The van der Waals surface area contributed by atoms with Crippen molar-refractivity contribution in [2.45, 2.75) is 44.9 Å². The monoisotopic (exact) mass is 319 g/mol. The smallest absolute Gasteiger partial charge is 0.0453 e. The number of thioether (sulfide) groups is 1. The Morgan fingerprint density at radius 1 is 1.21 bits per heavy atom. The third-order valence-electron chi connectivity index (χ3n) is 3.16. The molecule has 1 N–H and O–H groups in total. The van der Waals surface area contributed by atoms with Gasteiger partial charge in [-0.25, -0.2) is 0 Å². The van der Waals surface area contributed by atoms with Crippen molar-refractivity contribution in [3.05, 3.63) is 33.8 Å². The predicted molar refractivity (Wildman–Crippen MR) is 89.8 cm³/mol. The fourth-order valence-corrected chi connectivity index (χ4v) is 3.43. The molecule has 0 aliphatic carbocycles. The summed E-state index contributed by atoms with van der Waals surface area (Å²) in [6, 6.07) is 6.13.